The Bertz CT molecular complexity index is 189. The van der Waals surface area contributed by atoms with E-state index in [4.69, 9.17) is 4.74 Å². The van der Waals surface area contributed by atoms with E-state index in [2.05, 4.69) is 5.32 Å². The Morgan fingerprint density at radius 1 is 1.67 bits per heavy atom. The molecule has 0 saturated carbocycles. The number of carbonyl (C=O) groups excluding carboxylic acids is 1. The fourth-order valence-corrected chi connectivity index (χ4v) is 1.73. The van der Waals surface area contributed by atoms with Crippen molar-refractivity contribution >= 4 is 5.91 Å². The summed E-state index contributed by atoms with van der Waals surface area (Å²) in [5, 5.41) is 3.12. The molecule has 2 aliphatic heterocycles. The molecule has 0 radical (unpaired) electrons. The van der Waals surface area contributed by atoms with Crippen LogP contribution in [0.25, 0.3) is 0 Å². The van der Waals surface area contributed by atoms with Crippen LogP contribution >= 0.6 is 0 Å². The van der Waals surface area contributed by atoms with Crippen LogP contribution in [-0.4, -0.2) is 42.8 Å². The molecule has 2 rings (SSSR count). The smallest absolute Gasteiger partial charge is 0.240 e. The van der Waals surface area contributed by atoms with Crippen LogP contribution in [0.15, 0.2) is 0 Å². The molecule has 2 atom stereocenters. The zero-order valence-electron chi connectivity index (χ0n) is 7.25. The first-order valence-electron chi connectivity index (χ1n) is 4.40. The van der Waals surface area contributed by atoms with E-state index in [1.54, 1.807) is 0 Å². The van der Waals surface area contributed by atoms with Crippen LogP contribution in [0.4, 0.5) is 0 Å². The molecule has 0 bridgehead atoms. The van der Waals surface area contributed by atoms with Crippen molar-refractivity contribution in [3.05, 3.63) is 0 Å². The lowest BCUT2D eigenvalue weighted by Gasteiger charge is -2.21. The Kier molecular flexibility index (Phi) is 2.02. The van der Waals surface area contributed by atoms with E-state index in [0.29, 0.717) is 19.3 Å². The van der Waals surface area contributed by atoms with Crippen molar-refractivity contribution in [1.82, 2.24) is 10.2 Å². The third kappa shape index (κ3) is 1.21. The molecule has 68 valence electrons. The van der Waals surface area contributed by atoms with Crippen LogP contribution in [0.3, 0.4) is 0 Å². The summed E-state index contributed by atoms with van der Waals surface area (Å²) in [6.45, 7) is 4.09. The fourth-order valence-electron chi connectivity index (χ4n) is 1.73. The molecular weight excluding hydrogens is 156 g/mol. The first-order valence-corrected chi connectivity index (χ1v) is 4.40. The minimum Gasteiger partial charge on any atom is -0.379 e. The van der Waals surface area contributed by atoms with Gasteiger partial charge in [0.25, 0.3) is 0 Å². The number of amides is 1. The summed E-state index contributed by atoms with van der Waals surface area (Å²) in [5.41, 5.74) is 0. The second kappa shape index (κ2) is 3.03. The van der Waals surface area contributed by atoms with Gasteiger partial charge in [-0.15, -0.1) is 0 Å². The number of hydrogen-bond donors (Lipinski definition) is 1. The molecular formula is C8H14N2O2. The number of ether oxygens (including phenoxy) is 1. The molecule has 0 aromatic heterocycles. The van der Waals surface area contributed by atoms with Crippen molar-refractivity contribution in [2.45, 2.75) is 25.4 Å². The Labute approximate surface area is 71.9 Å². The quantitative estimate of drug-likeness (QED) is 0.579. The zero-order chi connectivity index (χ0) is 8.55. The SMILES string of the molecule is CC1NCN(C2CCOC2)C1=O. The van der Waals surface area contributed by atoms with Gasteiger partial charge >= 0.3 is 0 Å². The van der Waals surface area contributed by atoms with Gasteiger partial charge in [-0.1, -0.05) is 0 Å². The average molecular weight is 170 g/mol. The third-order valence-corrected chi connectivity index (χ3v) is 2.57. The summed E-state index contributed by atoms with van der Waals surface area (Å²) in [7, 11) is 0. The number of hydrogen-bond acceptors (Lipinski definition) is 3. The highest BCUT2D eigenvalue weighted by Gasteiger charge is 2.34. The van der Waals surface area contributed by atoms with Gasteiger partial charge in [-0.3, -0.25) is 10.1 Å². The minimum atomic E-state index is -0.00870. The van der Waals surface area contributed by atoms with E-state index in [1.807, 2.05) is 11.8 Å². The molecule has 0 aromatic carbocycles. The minimum absolute atomic E-state index is 0.00870. The van der Waals surface area contributed by atoms with E-state index >= 15 is 0 Å². The molecule has 2 saturated heterocycles. The maximum Gasteiger partial charge on any atom is 0.240 e. The van der Waals surface area contributed by atoms with Crippen molar-refractivity contribution < 1.29 is 9.53 Å². The maximum atomic E-state index is 11.5. The monoisotopic (exact) mass is 170 g/mol. The van der Waals surface area contributed by atoms with Crippen molar-refractivity contribution in [2.24, 2.45) is 0 Å². The molecule has 2 aliphatic rings. The number of nitrogens with zero attached hydrogens (tertiary/aromatic N) is 1. The summed E-state index contributed by atoms with van der Waals surface area (Å²) in [4.78, 5) is 13.4. The van der Waals surface area contributed by atoms with Gasteiger partial charge in [-0.05, 0) is 13.3 Å². The first kappa shape index (κ1) is 8.01. The molecule has 1 amide bonds. The number of nitrogens with one attached hydrogen (secondary N) is 1. The second-order valence-corrected chi connectivity index (χ2v) is 3.41. The van der Waals surface area contributed by atoms with Gasteiger partial charge in [0.05, 0.1) is 25.4 Å². The van der Waals surface area contributed by atoms with Gasteiger partial charge in [0.1, 0.15) is 0 Å². The van der Waals surface area contributed by atoms with Gasteiger partial charge in [0, 0.05) is 6.61 Å². The van der Waals surface area contributed by atoms with Crippen LogP contribution < -0.4 is 5.32 Å². The molecule has 0 aliphatic carbocycles. The predicted molar refractivity (Wildman–Crippen MR) is 43.5 cm³/mol. The average Bonchev–Trinajstić information content (AvgIpc) is 2.64. The first-order chi connectivity index (χ1) is 5.79. The topological polar surface area (TPSA) is 41.6 Å². The van der Waals surface area contributed by atoms with Gasteiger partial charge in [0.2, 0.25) is 5.91 Å². The van der Waals surface area contributed by atoms with Gasteiger partial charge in [-0.25, -0.2) is 0 Å². The van der Waals surface area contributed by atoms with Crippen molar-refractivity contribution in [1.29, 1.82) is 0 Å². The predicted octanol–water partition coefficient (Wildman–Crippen LogP) is -0.447. The molecule has 4 nitrogen and oxygen atoms in total. The molecule has 0 aromatic rings. The highest BCUT2D eigenvalue weighted by Crippen LogP contribution is 2.15. The normalized spacial score (nSPS) is 36.4. The highest BCUT2D eigenvalue weighted by molar-refractivity contribution is 5.83. The molecule has 2 fully saturated rings. The van der Waals surface area contributed by atoms with E-state index in [9.17, 15) is 4.79 Å². The van der Waals surface area contributed by atoms with Crippen LogP contribution in [0.1, 0.15) is 13.3 Å². The van der Waals surface area contributed by atoms with E-state index in [0.717, 1.165) is 13.0 Å². The fraction of sp³-hybridized carbons (Fsp3) is 0.875. The van der Waals surface area contributed by atoms with Crippen molar-refractivity contribution in [3.8, 4) is 0 Å². The second-order valence-electron chi connectivity index (χ2n) is 3.41. The molecule has 2 heterocycles. The van der Waals surface area contributed by atoms with Gasteiger partial charge in [-0.2, -0.15) is 0 Å². The molecule has 0 spiro atoms. The van der Waals surface area contributed by atoms with Crippen LogP contribution in [0.5, 0.6) is 0 Å². The van der Waals surface area contributed by atoms with Gasteiger partial charge < -0.3 is 9.64 Å². The number of carbonyl (C=O) groups is 1. The van der Waals surface area contributed by atoms with Crippen molar-refractivity contribution in [3.63, 3.8) is 0 Å². The lowest BCUT2D eigenvalue weighted by molar-refractivity contribution is -0.130. The Morgan fingerprint density at radius 3 is 3.00 bits per heavy atom. The molecule has 1 N–H and O–H groups in total. The summed E-state index contributed by atoms with van der Waals surface area (Å²) >= 11 is 0. The Morgan fingerprint density at radius 2 is 2.50 bits per heavy atom. The van der Waals surface area contributed by atoms with E-state index in [1.165, 1.54) is 0 Å². The molecule has 4 heteroatoms. The number of rotatable bonds is 1. The maximum absolute atomic E-state index is 11.5. The lowest BCUT2D eigenvalue weighted by atomic mass is 10.2. The third-order valence-electron chi connectivity index (χ3n) is 2.57. The van der Waals surface area contributed by atoms with E-state index < -0.39 is 0 Å². The largest absolute Gasteiger partial charge is 0.379 e. The van der Waals surface area contributed by atoms with E-state index in [-0.39, 0.29) is 11.9 Å². The van der Waals surface area contributed by atoms with Crippen LogP contribution in [-0.2, 0) is 9.53 Å². The van der Waals surface area contributed by atoms with Crippen LogP contribution in [0.2, 0.25) is 0 Å². The van der Waals surface area contributed by atoms with Gasteiger partial charge in [0.15, 0.2) is 0 Å². The van der Waals surface area contributed by atoms with Crippen molar-refractivity contribution in [2.75, 3.05) is 19.9 Å². The summed E-state index contributed by atoms with van der Waals surface area (Å²) in [5.74, 6) is 0.213. The summed E-state index contributed by atoms with van der Waals surface area (Å²) in [6.07, 6.45) is 0.986. The summed E-state index contributed by atoms with van der Waals surface area (Å²) < 4.78 is 5.23. The Balaban J connectivity index is 1.99. The lowest BCUT2D eigenvalue weighted by Crippen LogP contribution is -2.38. The molecule has 12 heavy (non-hydrogen) atoms. The van der Waals surface area contributed by atoms with Crippen LogP contribution in [0, 0.1) is 0 Å². The summed E-state index contributed by atoms with van der Waals surface area (Å²) in [6, 6.07) is 0.306. The molecule has 2 unspecified atom stereocenters. The standard InChI is InChI=1S/C8H14N2O2/c1-6-8(11)10(5-9-6)7-2-3-12-4-7/h6-7,9H,2-5H2,1H3. The Hall–Kier alpha value is -0.610. The zero-order valence-corrected chi connectivity index (χ0v) is 7.25. The highest BCUT2D eigenvalue weighted by atomic mass is 16.5.